The lowest BCUT2D eigenvalue weighted by atomic mass is 10.0. The molecule has 0 fully saturated rings. The van der Waals surface area contributed by atoms with E-state index < -0.39 is 0 Å². The van der Waals surface area contributed by atoms with Gasteiger partial charge in [-0.3, -0.25) is 0 Å². The second-order valence-corrected chi connectivity index (χ2v) is 13.8. The highest BCUT2D eigenvalue weighted by Gasteiger charge is 2.22. The summed E-state index contributed by atoms with van der Waals surface area (Å²) in [5.74, 6) is 0.586. The molecule has 0 saturated heterocycles. The molecule has 0 bridgehead atoms. The maximum absolute atomic E-state index is 6.63. The third kappa shape index (κ3) is 4.01. The van der Waals surface area contributed by atoms with Crippen LogP contribution in [-0.4, -0.2) is 4.98 Å². The first-order chi connectivity index (χ1) is 24.8. The Hall–Kier alpha value is -6.43. The van der Waals surface area contributed by atoms with Crippen molar-refractivity contribution in [3.63, 3.8) is 0 Å². The van der Waals surface area contributed by atoms with E-state index in [0.29, 0.717) is 5.89 Å². The summed E-state index contributed by atoms with van der Waals surface area (Å²) in [6.45, 7) is 0. The number of anilines is 3. The quantitative estimate of drug-likeness (QED) is 0.189. The van der Waals surface area contributed by atoms with Crippen LogP contribution in [0.25, 0.3) is 86.2 Å². The Balaban J connectivity index is 1.13. The zero-order valence-electron chi connectivity index (χ0n) is 26.6. The molecule has 0 amide bonds. The van der Waals surface area contributed by atoms with Gasteiger partial charge in [-0.15, -0.1) is 11.3 Å². The van der Waals surface area contributed by atoms with E-state index in [-0.39, 0.29) is 0 Å². The molecule has 0 atom stereocenters. The number of rotatable bonds is 4. The molecule has 4 nitrogen and oxygen atoms in total. The van der Waals surface area contributed by atoms with E-state index in [9.17, 15) is 0 Å². The normalized spacial score (nSPS) is 12.0. The molecule has 234 valence electrons. The number of furan rings is 1. The number of para-hydroxylation sites is 1. The van der Waals surface area contributed by atoms with Crippen molar-refractivity contribution in [2.24, 2.45) is 0 Å². The zero-order valence-corrected chi connectivity index (χ0v) is 27.4. The Labute approximate surface area is 290 Å². The van der Waals surface area contributed by atoms with Gasteiger partial charge in [-0.25, -0.2) is 4.98 Å². The van der Waals surface area contributed by atoms with Gasteiger partial charge in [0.05, 0.1) is 5.69 Å². The number of nitrogens with zero attached hydrogens (tertiary/aromatic N) is 2. The number of aromatic nitrogens is 1. The third-order valence-electron chi connectivity index (χ3n) is 9.87. The first kappa shape index (κ1) is 27.5. The minimum atomic E-state index is 0.586. The van der Waals surface area contributed by atoms with Crippen molar-refractivity contribution in [3.8, 4) is 11.5 Å². The summed E-state index contributed by atoms with van der Waals surface area (Å²) in [7, 11) is 0. The number of benzene rings is 8. The minimum absolute atomic E-state index is 0.586. The van der Waals surface area contributed by atoms with Crippen molar-refractivity contribution in [1.29, 1.82) is 0 Å². The summed E-state index contributed by atoms with van der Waals surface area (Å²) >= 11 is 1.85. The standard InChI is InChI=1S/C45H26N2O2S/c1-2-12-29(13-3-1)47(36-17-9-19-39-43(36)42-31-14-6-4-10-27(31)21-25-40(42)50-39)30-22-23-33-38(26-30)48-37-18-8-16-34(41(33)37)45-46-35-24-20-28-11-5-7-15-32(28)44(35)49-45/h1-26H. The van der Waals surface area contributed by atoms with Crippen LogP contribution in [0.2, 0.25) is 0 Å². The fourth-order valence-corrected chi connectivity index (χ4v) is 8.80. The van der Waals surface area contributed by atoms with E-state index in [1.54, 1.807) is 0 Å². The second kappa shape index (κ2) is 10.5. The molecule has 0 N–H and O–H groups in total. The van der Waals surface area contributed by atoms with Gasteiger partial charge in [0.15, 0.2) is 5.58 Å². The average molecular weight is 659 g/mol. The monoisotopic (exact) mass is 658 g/mol. The van der Waals surface area contributed by atoms with Crippen molar-refractivity contribution in [3.05, 3.63) is 158 Å². The van der Waals surface area contributed by atoms with Crippen molar-refractivity contribution >= 4 is 103 Å². The number of hydrogen-bond acceptors (Lipinski definition) is 5. The summed E-state index contributed by atoms with van der Waals surface area (Å²) in [5, 5.41) is 9.25. The molecule has 3 heterocycles. The Morgan fingerprint density at radius 1 is 0.480 bits per heavy atom. The van der Waals surface area contributed by atoms with Gasteiger partial charge in [0.25, 0.3) is 0 Å². The van der Waals surface area contributed by atoms with Gasteiger partial charge in [-0.05, 0) is 76.8 Å². The number of hydrogen-bond donors (Lipinski definition) is 0. The molecule has 5 heteroatoms. The van der Waals surface area contributed by atoms with E-state index in [4.69, 9.17) is 13.8 Å². The smallest absolute Gasteiger partial charge is 0.228 e. The molecule has 0 aliphatic carbocycles. The van der Waals surface area contributed by atoms with Crippen LogP contribution in [0.5, 0.6) is 0 Å². The minimum Gasteiger partial charge on any atom is -0.456 e. The van der Waals surface area contributed by atoms with Gasteiger partial charge in [-0.1, -0.05) is 91.0 Å². The summed E-state index contributed by atoms with van der Waals surface area (Å²) in [5.41, 5.74) is 7.38. The molecule has 0 aliphatic rings. The molecular weight excluding hydrogens is 633 g/mol. The lowest BCUT2D eigenvalue weighted by Gasteiger charge is -2.26. The molecule has 0 saturated carbocycles. The summed E-state index contributed by atoms with van der Waals surface area (Å²) in [4.78, 5) is 7.31. The zero-order chi connectivity index (χ0) is 32.8. The molecule has 0 radical (unpaired) electrons. The van der Waals surface area contributed by atoms with E-state index >= 15 is 0 Å². The van der Waals surface area contributed by atoms with Crippen molar-refractivity contribution < 1.29 is 8.83 Å². The van der Waals surface area contributed by atoms with Gasteiger partial charge in [0.2, 0.25) is 5.89 Å². The maximum atomic E-state index is 6.63. The topological polar surface area (TPSA) is 42.4 Å². The van der Waals surface area contributed by atoms with E-state index in [1.807, 2.05) is 41.7 Å². The lowest BCUT2D eigenvalue weighted by Crippen LogP contribution is -2.10. The lowest BCUT2D eigenvalue weighted by molar-refractivity contribution is 0.623. The van der Waals surface area contributed by atoms with E-state index in [2.05, 4.69) is 132 Å². The average Bonchev–Trinajstić information content (AvgIpc) is 3.89. The third-order valence-corrected chi connectivity index (χ3v) is 11.0. The van der Waals surface area contributed by atoms with Crippen LogP contribution in [-0.2, 0) is 0 Å². The fourth-order valence-electron chi connectivity index (χ4n) is 7.66. The highest BCUT2D eigenvalue weighted by molar-refractivity contribution is 7.26. The Morgan fingerprint density at radius 2 is 1.24 bits per heavy atom. The fraction of sp³-hybridized carbons (Fsp3) is 0. The van der Waals surface area contributed by atoms with Crippen molar-refractivity contribution in [2.75, 3.05) is 4.90 Å². The Kier molecular flexibility index (Phi) is 5.80. The predicted molar refractivity (Wildman–Crippen MR) is 209 cm³/mol. The Morgan fingerprint density at radius 3 is 2.14 bits per heavy atom. The molecule has 0 spiro atoms. The highest BCUT2D eigenvalue weighted by atomic mass is 32.1. The largest absolute Gasteiger partial charge is 0.456 e. The summed E-state index contributed by atoms with van der Waals surface area (Å²) < 4.78 is 15.7. The first-order valence-corrected chi connectivity index (χ1v) is 17.5. The van der Waals surface area contributed by atoms with Crippen LogP contribution >= 0.6 is 11.3 Å². The summed E-state index contributed by atoms with van der Waals surface area (Å²) in [6.07, 6.45) is 0. The molecule has 8 aromatic carbocycles. The van der Waals surface area contributed by atoms with Crippen LogP contribution in [0.3, 0.4) is 0 Å². The number of oxazole rings is 1. The first-order valence-electron chi connectivity index (χ1n) is 16.7. The number of thiophene rings is 1. The van der Waals surface area contributed by atoms with Crippen LogP contribution < -0.4 is 4.90 Å². The van der Waals surface area contributed by atoms with Crippen molar-refractivity contribution in [1.82, 2.24) is 4.98 Å². The number of fused-ring (bicyclic) bond motifs is 11. The molecule has 0 unspecified atom stereocenters. The van der Waals surface area contributed by atoms with Crippen molar-refractivity contribution in [2.45, 2.75) is 0 Å². The molecule has 3 aromatic heterocycles. The SMILES string of the molecule is c1ccc(N(c2ccc3c(c2)oc2cccc(-c4nc5ccc6ccccc6c5o4)c23)c2cccc3sc4ccc5ccccc5c4c23)cc1. The molecule has 50 heavy (non-hydrogen) atoms. The van der Waals surface area contributed by atoms with Crippen LogP contribution in [0.15, 0.2) is 167 Å². The Bertz CT molecular complexity index is 3120. The van der Waals surface area contributed by atoms with Gasteiger partial charge >= 0.3 is 0 Å². The maximum Gasteiger partial charge on any atom is 0.228 e. The summed E-state index contributed by atoms with van der Waals surface area (Å²) in [6, 6.07) is 55.4. The second-order valence-electron chi connectivity index (χ2n) is 12.7. The van der Waals surface area contributed by atoms with Gasteiger partial charge in [0.1, 0.15) is 16.7 Å². The van der Waals surface area contributed by atoms with E-state index in [0.717, 1.165) is 66.4 Å². The highest BCUT2D eigenvalue weighted by Crippen LogP contribution is 2.48. The van der Waals surface area contributed by atoms with Crippen LogP contribution in [0.1, 0.15) is 0 Å². The molecule has 11 rings (SSSR count). The molecule has 0 aliphatic heterocycles. The van der Waals surface area contributed by atoms with Gasteiger partial charge in [0, 0.05) is 59.3 Å². The van der Waals surface area contributed by atoms with E-state index in [1.165, 1.54) is 30.9 Å². The molecule has 11 aromatic rings. The predicted octanol–water partition coefficient (Wildman–Crippen LogP) is 13.5. The van der Waals surface area contributed by atoms with Crippen LogP contribution in [0.4, 0.5) is 17.1 Å². The van der Waals surface area contributed by atoms with Crippen LogP contribution in [0, 0.1) is 0 Å². The molecular formula is C45H26N2O2S. The van der Waals surface area contributed by atoms with Gasteiger partial charge < -0.3 is 13.7 Å². The van der Waals surface area contributed by atoms with Gasteiger partial charge in [-0.2, -0.15) is 0 Å².